The minimum absolute atomic E-state index is 0.440. The molecule has 0 N–H and O–H groups in total. The lowest BCUT2D eigenvalue weighted by Crippen LogP contribution is -2.28. The Hall–Kier alpha value is -0.300. The number of allylic oxidation sites excluding steroid dienone is 1. The predicted octanol–water partition coefficient (Wildman–Crippen LogP) is 2.62. The highest BCUT2D eigenvalue weighted by Crippen LogP contribution is 2.29. The van der Waals surface area contributed by atoms with Crippen LogP contribution in [0.3, 0.4) is 0 Å². The Balaban J connectivity index is 2.67. The SMILES string of the molecule is CO[C@@H]1CC(C)=C[C@H](C)[C@H]1C. The summed E-state index contributed by atoms with van der Waals surface area (Å²) >= 11 is 0. The molecule has 0 unspecified atom stereocenters. The van der Waals surface area contributed by atoms with Gasteiger partial charge in [-0.15, -0.1) is 0 Å². The van der Waals surface area contributed by atoms with Crippen LogP contribution in [0.2, 0.25) is 0 Å². The smallest absolute Gasteiger partial charge is 0.0639 e. The molecular weight excluding hydrogens is 136 g/mol. The molecule has 1 nitrogen and oxygen atoms in total. The molecule has 0 bridgehead atoms. The maximum Gasteiger partial charge on any atom is 0.0639 e. The summed E-state index contributed by atoms with van der Waals surface area (Å²) in [5.41, 5.74) is 1.47. The van der Waals surface area contributed by atoms with Crippen LogP contribution < -0.4 is 0 Å². The molecule has 1 rings (SSSR count). The number of ether oxygens (including phenoxy) is 1. The Labute approximate surface area is 69.4 Å². The standard InChI is InChI=1S/C10H18O/c1-7-5-8(2)9(3)10(6-7)11-4/h5,8-10H,6H2,1-4H3/t8-,9+,10+/m0/s1. The summed E-state index contributed by atoms with van der Waals surface area (Å²) in [5, 5.41) is 0. The van der Waals surface area contributed by atoms with Gasteiger partial charge in [0, 0.05) is 7.11 Å². The summed E-state index contributed by atoms with van der Waals surface area (Å²) in [6, 6.07) is 0. The summed E-state index contributed by atoms with van der Waals surface area (Å²) in [5.74, 6) is 1.34. The Morgan fingerprint density at radius 3 is 2.64 bits per heavy atom. The number of hydrogen-bond acceptors (Lipinski definition) is 1. The van der Waals surface area contributed by atoms with Crippen molar-refractivity contribution in [2.24, 2.45) is 11.8 Å². The van der Waals surface area contributed by atoms with Crippen molar-refractivity contribution in [1.29, 1.82) is 0 Å². The molecule has 0 aliphatic heterocycles. The minimum atomic E-state index is 0.440. The third-order valence-corrected chi connectivity index (χ3v) is 2.79. The molecule has 1 aliphatic rings. The van der Waals surface area contributed by atoms with Crippen LogP contribution >= 0.6 is 0 Å². The lowest BCUT2D eigenvalue weighted by molar-refractivity contribution is 0.0397. The lowest BCUT2D eigenvalue weighted by Gasteiger charge is -2.31. The molecule has 0 fully saturated rings. The Bertz CT molecular complexity index is 160. The van der Waals surface area contributed by atoms with Gasteiger partial charge in [0.2, 0.25) is 0 Å². The molecule has 0 radical (unpaired) electrons. The van der Waals surface area contributed by atoms with Crippen LogP contribution in [0.4, 0.5) is 0 Å². The number of methoxy groups -OCH3 is 1. The highest BCUT2D eigenvalue weighted by molar-refractivity contribution is 5.08. The van der Waals surface area contributed by atoms with Gasteiger partial charge < -0.3 is 4.74 Å². The fourth-order valence-electron chi connectivity index (χ4n) is 1.81. The molecule has 0 amide bonds. The van der Waals surface area contributed by atoms with Crippen LogP contribution in [-0.4, -0.2) is 13.2 Å². The topological polar surface area (TPSA) is 9.23 Å². The van der Waals surface area contributed by atoms with Crippen molar-refractivity contribution in [3.8, 4) is 0 Å². The van der Waals surface area contributed by atoms with Crippen LogP contribution in [0, 0.1) is 11.8 Å². The number of hydrogen-bond donors (Lipinski definition) is 0. The van der Waals surface area contributed by atoms with E-state index in [9.17, 15) is 0 Å². The number of rotatable bonds is 1. The summed E-state index contributed by atoms with van der Waals surface area (Å²) in [4.78, 5) is 0. The van der Waals surface area contributed by atoms with E-state index in [2.05, 4.69) is 26.8 Å². The van der Waals surface area contributed by atoms with Gasteiger partial charge in [-0.1, -0.05) is 25.5 Å². The molecule has 0 aromatic carbocycles. The van der Waals surface area contributed by atoms with Gasteiger partial charge in [0.05, 0.1) is 6.10 Å². The highest BCUT2D eigenvalue weighted by atomic mass is 16.5. The molecule has 0 saturated heterocycles. The molecule has 0 spiro atoms. The van der Waals surface area contributed by atoms with E-state index in [1.54, 1.807) is 0 Å². The van der Waals surface area contributed by atoms with Crippen molar-refractivity contribution in [3.05, 3.63) is 11.6 Å². The maximum absolute atomic E-state index is 5.40. The second kappa shape index (κ2) is 3.40. The first kappa shape index (κ1) is 8.79. The monoisotopic (exact) mass is 154 g/mol. The molecular formula is C10H18O. The van der Waals surface area contributed by atoms with Crippen molar-refractivity contribution < 1.29 is 4.74 Å². The zero-order chi connectivity index (χ0) is 8.43. The molecule has 3 atom stereocenters. The van der Waals surface area contributed by atoms with Crippen molar-refractivity contribution in [3.63, 3.8) is 0 Å². The highest BCUT2D eigenvalue weighted by Gasteiger charge is 2.25. The first-order valence-corrected chi connectivity index (χ1v) is 4.35. The average molecular weight is 154 g/mol. The van der Waals surface area contributed by atoms with Gasteiger partial charge >= 0.3 is 0 Å². The molecule has 0 saturated carbocycles. The average Bonchev–Trinajstić information content (AvgIpc) is 1.96. The second-order valence-corrected chi connectivity index (χ2v) is 3.71. The normalized spacial score (nSPS) is 38.5. The van der Waals surface area contributed by atoms with Crippen LogP contribution in [0.15, 0.2) is 11.6 Å². The van der Waals surface area contributed by atoms with E-state index in [0.717, 1.165) is 6.42 Å². The van der Waals surface area contributed by atoms with Crippen LogP contribution in [0.1, 0.15) is 27.2 Å². The van der Waals surface area contributed by atoms with E-state index >= 15 is 0 Å². The first-order chi connectivity index (χ1) is 5.15. The molecule has 11 heavy (non-hydrogen) atoms. The third kappa shape index (κ3) is 1.84. The molecule has 0 heterocycles. The summed E-state index contributed by atoms with van der Waals surface area (Å²) in [6.07, 6.45) is 3.91. The van der Waals surface area contributed by atoms with E-state index < -0.39 is 0 Å². The van der Waals surface area contributed by atoms with Gasteiger partial charge in [-0.25, -0.2) is 0 Å². The fourth-order valence-corrected chi connectivity index (χ4v) is 1.81. The van der Waals surface area contributed by atoms with Crippen molar-refractivity contribution >= 4 is 0 Å². The molecule has 64 valence electrons. The van der Waals surface area contributed by atoms with Crippen molar-refractivity contribution in [1.82, 2.24) is 0 Å². The fraction of sp³-hybridized carbons (Fsp3) is 0.800. The zero-order valence-electron chi connectivity index (χ0n) is 7.92. The molecule has 1 heteroatoms. The van der Waals surface area contributed by atoms with Crippen molar-refractivity contribution in [2.75, 3.05) is 7.11 Å². The second-order valence-electron chi connectivity index (χ2n) is 3.71. The molecule has 1 aliphatic carbocycles. The van der Waals surface area contributed by atoms with E-state index in [1.807, 2.05) is 7.11 Å². The van der Waals surface area contributed by atoms with Crippen LogP contribution in [0.25, 0.3) is 0 Å². The van der Waals surface area contributed by atoms with E-state index in [4.69, 9.17) is 4.74 Å². The Kier molecular flexibility index (Phi) is 2.72. The van der Waals surface area contributed by atoms with Crippen LogP contribution in [0.5, 0.6) is 0 Å². The van der Waals surface area contributed by atoms with Gasteiger partial charge in [-0.2, -0.15) is 0 Å². The minimum Gasteiger partial charge on any atom is -0.381 e. The molecule has 0 aromatic heterocycles. The quantitative estimate of drug-likeness (QED) is 0.527. The Morgan fingerprint density at radius 1 is 1.45 bits per heavy atom. The van der Waals surface area contributed by atoms with E-state index in [-0.39, 0.29) is 0 Å². The maximum atomic E-state index is 5.40. The zero-order valence-corrected chi connectivity index (χ0v) is 7.92. The van der Waals surface area contributed by atoms with Crippen molar-refractivity contribution in [2.45, 2.75) is 33.3 Å². The Morgan fingerprint density at radius 2 is 2.09 bits per heavy atom. The van der Waals surface area contributed by atoms with Gasteiger partial charge in [0.25, 0.3) is 0 Å². The molecule has 0 aromatic rings. The summed E-state index contributed by atoms with van der Waals surface area (Å²) < 4.78 is 5.40. The van der Waals surface area contributed by atoms with E-state index in [1.165, 1.54) is 5.57 Å². The summed E-state index contributed by atoms with van der Waals surface area (Å²) in [7, 11) is 1.81. The van der Waals surface area contributed by atoms with Gasteiger partial charge in [0.1, 0.15) is 0 Å². The third-order valence-electron chi connectivity index (χ3n) is 2.79. The van der Waals surface area contributed by atoms with Crippen LogP contribution in [-0.2, 0) is 4.74 Å². The van der Waals surface area contributed by atoms with Gasteiger partial charge in [-0.05, 0) is 25.2 Å². The van der Waals surface area contributed by atoms with Gasteiger partial charge in [0.15, 0.2) is 0 Å². The largest absolute Gasteiger partial charge is 0.381 e. The summed E-state index contributed by atoms with van der Waals surface area (Å²) in [6.45, 7) is 6.72. The lowest BCUT2D eigenvalue weighted by atomic mass is 9.81. The van der Waals surface area contributed by atoms with E-state index in [0.29, 0.717) is 17.9 Å². The predicted molar refractivity (Wildman–Crippen MR) is 47.5 cm³/mol. The first-order valence-electron chi connectivity index (χ1n) is 4.35. The van der Waals surface area contributed by atoms with Gasteiger partial charge in [-0.3, -0.25) is 0 Å².